The first-order valence-corrected chi connectivity index (χ1v) is 13.2. The Morgan fingerprint density at radius 1 is 1.15 bits per heavy atom. The van der Waals surface area contributed by atoms with Crippen molar-refractivity contribution >= 4 is 22.3 Å². The smallest absolute Gasteiger partial charge is 0.175 e. The van der Waals surface area contributed by atoms with E-state index in [-0.39, 0.29) is 0 Å². The van der Waals surface area contributed by atoms with Crippen LogP contribution in [0, 0.1) is 18.8 Å². The molecule has 0 atom stereocenters. The van der Waals surface area contributed by atoms with E-state index in [0.29, 0.717) is 0 Å². The number of hydrogen-bond donors (Lipinski definition) is 0. The molecular formula is C26H36N4O2S. The van der Waals surface area contributed by atoms with Gasteiger partial charge in [-0.2, -0.15) is 0 Å². The standard InChI is InChI=1S/C26H36N4O2S/c1-18-27-21(17-33-18)14-30-12-10-19(11-13-30)6-8-24-22-7-9-25(31-16-20-4-5-20)23(15-29(2)3)26(22)32-28-24/h7,9,17,19-20H,4-6,8,10-16H2,1-3H3. The van der Waals surface area contributed by atoms with E-state index in [9.17, 15) is 0 Å². The maximum absolute atomic E-state index is 6.17. The Morgan fingerprint density at radius 3 is 2.67 bits per heavy atom. The first-order chi connectivity index (χ1) is 16.0. The van der Waals surface area contributed by atoms with E-state index in [0.717, 1.165) is 84.0 Å². The molecule has 33 heavy (non-hydrogen) atoms. The third-order valence-corrected chi connectivity index (χ3v) is 7.79. The van der Waals surface area contributed by atoms with E-state index in [1.54, 1.807) is 11.3 Å². The van der Waals surface area contributed by atoms with Crippen LogP contribution >= 0.6 is 11.3 Å². The SMILES string of the molecule is Cc1nc(CN2CCC(CCc3noc4c(CN(C)C)c(OCC5CC5)ccc34)CC2)cs1. The second kappa shape index (κ2) is 10.1. The van der Waals surface area contributed by atoms with Crippen molar-refractivity contribution in [3.8, 4) is 5.75 Å². The lowest BCUT2D eigenvalue weighted by atomic mass is 9.91. The number of piperidine rings is 1. The van der Waals surface area contributed by atoms with Crippen LogP contribution in [0.1, 0.15) is 54.1 Å². The average molecular weight is 469 g/mol. The Balaban J connectivity index is 1.19. The summed E-state index contributed by atoms with van der Waals surface area (Å²) in [6, 6.07) is 4.28. The van der Waals surface area contributed by atoms with E-state index >= 15 is 0 Å². The van der Waals surface area contributed by atoms with E-state index in [1.807, 2.05) is 0 Å². The summed E-state index contributed by atoms with van der Waals surface area (Å²) in [5.74, 6) is 2.44. The molecule has 6 nitrogen and oxygen atoms in total. The number of thiazole rings is 1. The zero-order valence-corrected chi connectivity index (χ0v) is 21.0. The molecule has 1 saturated heterocycles. The van der Waals surface area contributed by atoms with Crippen molar-refractivity contribution in [3.63, 3.8) is 0 Å². The molecule has 2 aromatic heterocycles. The molecule has 178 valence electrons. The Kier molecular flexibility index (Phi) is 6.99. The molecule has 3 heterocycles. The van der Waals surface area contributed by atoms with Gasteiger partial charge in [0.25, 0.3) is 0 Å². The van der Waals surface area contributed by atoms with Gasteiger partial charge in [-0.05, 0) is 96.6 Å². The van der Waals surface area contributed by atoms with Crippen molar-refractivity contribution in [2.45, 2.75) is 58.5 Å². The van der Waals surface area contributed by atoms with Crippen LogP contribution in [-0.4, -0.2) is 53.7 Å². The number of rotatable bonds is 10. The summed E-state index contributed by atoms with van der Waals surface area (Å²) in [5.41, 5.74) is 4.35. The van der Waals surface area contributed by atoms with Crippen LogP contribution in [0.15, 0.2) is 22.0 Å². The van der Waals surface area contributed by atoms with Crippen molar-refractivity contribution in [1.29, 1.82) is 0 Å². The molecule has 0 spiro atoms. The van der Waals surface area contributed by atoms with Gasteiger partial charge in [0.05, 0.1) is 28.6 Å². The highest BCUT2D eigenvalue weighted by molar-refractivity contribution is 7.09. The number of aryl methyl sites for hydroxylation is 2. The molecular weight excluding hydrogens is 432 g/mol. The molecule has 2 aliphatic rings. The summed E-state index contributed by atoms with van der Waals surface area (Å²) in [4.78, 5) is 9.34. The van der Waals surface area contributed by atoms with Gasteiger partial charge in [-0.25, -0.2) is 4.98 Å². The lowest BCUT2D eigenvalue weighted by Gasteiger charge is -2.31. The summed E-state index contributed by atoms with van der Waals surface area (Å²) in [5, 5.41) is 9.02. The zero-order chi connectivity index (χ0) is 22.8. The predicted molar refractivity (Wildman–Crippen MR) is 133 cm³/mol. The minimum Gasteiger partial charge on any atom is -0.493 e. The first kappa shape index (κ1) is 22.8. The van der Waals surface area contributed by atoms with E-state index in [4.69, 9.17) is 9.26 Å². The van der Waals surface area contributed by atoms with Crippen LogP contribution in [0.4, 0.5) is 0 Å². The molecule has 0 N–H and O–H groups in total. The number of aromatic nitrogens is 2. The second-order valence-electron chi connectivity index (χ2n) is 10.2. The molecule has 5 rings (SSSR count). The highest BCUT2D eigenvalue weighted by Crippen LogP contribution is 2.35. The summed E-state index contributed by atoms with van der Waals surface area (Å²) in [6.07, 6.45) is 7.25. The average Bonchev–Trinajstić information content (AvgIpc) is 3.40. The number of ether oxygens (including phenoxy) is 1. The molecule has 7 heteroatoms. The predicted octanol–water partition coefficient (Wildman–Crippen LogP) is 5.29. The second-order valence-corrected chi connectivity index (χ2v) is 11.2. The van der Waals surface area contributed by atoms with Crippen LogP contribution in [-0.2, 0) is 19.5 Å². The van der Waals surface area contributed by atoms with Crippen molar-refractivity contribution in [2.24, 2.45) is 11.8 Å². The number of fused-ring (bicyclic) bond motifs is 1. The number of benzene rings is 1. The molecule has 0 unspecified atom stereocenters. The molecule has 1 saturated carbocycles. The molecule has 0 radical (unpaired) electrons. The monoisotopic (exact) mass is 468 g/mol. The first-order valence-electron chi connectivity index (χ1n) is 12.4. The minimum atomic E-state index is 0.732. The van der Waals surface area contributed by atoms with Gasteiger partial charge in [0.2, 0.25) is 0 Å². The van der Waals surface area contributed by atoms with Crippen LogP contribution < -0.4 is 4.74 Å². The fourth-order valence-corrected chi connectivity index (χ4v) is 5.45. The molecule has 0 bridgehead atoms. The summed E-state index contributed by atoms with van der Waals surface area (Å²) >= 11 is 1.75. The number of nitrogens with zero attached hydrogens (tertiary/aromatic N) is 4. The Labute approximate surface area is 200 Å². The summed E-state index contributed by atoms with van der Waals surface area (Å²) < 4.78 is 12.1. The maximum atomic E-state index is 6.17. The van der Waals surface area contributed by atoms with Crippen LogP contribution in [0.25, 0.3) is 11.0 Å². The minimum absolute atomic E-state index is 0.732. The lowest BCUT2D eigenvalue weighted by molar-refractivity contribution is 0.170. The van der Waals surface area contributed by atoms with E-state index in [2.05, 4.69) is 58.5 Å². The molecule has 1 aliphatic carbocycles. The van der Waals surface area contributed by atoms with Gasteiger partial charge in [-0.3, -0.25) is 4.90 Å². The zero-order valence-electron chi connectivity index (χ0n) is 20.2. The van der Waals surface area contributed by atoms with Crippen molar-refractivity contribution in [2.75, 3.05) is 33.8 Å². The summed E-state index contributed by atoms with van der Waals surface area (Å²) in [6.45, 7) is 7.01. The molecule has 0 amide bonds. The topological polar surface area (TPSA) is 54.6 Å². The highest BCUT2D eigenvalue weighted by Gasteiger charge is 2.25. The Hall–Kier alpha value is -1.96. The van der Waals surface area contributed by atoms with Crippen LogP contribution in [0.5, 0.6) is 5.75 Å². The van der Waals surface area contributed by atoms with Crippen LogP contribution in [0.3, 0.4) is 0 Å². The van der Waals surface area contributed by atoms with Gasteiger partial charge in [-0.15, -0.1) is 11.3 Å². The third-order valence-electron chi connectivity index (χ3n) is 6.97. The Bertz CT molecular complexity index is 1060. The number of hydrogen-bond acceptors (Lipinski definition) is 7. The number of likely N-dealkylation sites (tertiary alicyclic amines) is 1. The van der Waals surface area contributed by atoms with Crippen molar-refractivity contribution in [3.05, 3.63) is 39.5 Å². The largest absolute Gasteiger partial charge is 0.493 e. The van der Waals surface area contributed by atoms with Gasteiger partial charge < -0.3 is 14.2 Å². The van der Waals surface area contributed by atoms with Crippen LogP contribution in [0.2, 0.25) is 0 Å². The van der Waals surface area contributed by atoms with Gasteiger partial charge in [0.15, 0.2) is 5.58 Å². The van der Waals surface area contributed by atoms with E-state index < -0.39 is 0 Å². The quantitative estimate of drug-likeness (QED) is 0.403. The van der Waals surface area contributed by atoms with Gasteiger partial charge in [0.1, 0.15) is 5.75 Å². The van der Waals surface area contributed by atoms with Crippen molar-refractivity contribution in [1.82, 2.24) is 19.9 Å². The van der Waals surface area contributed by atoms with Crippen molar-refractivity contribution < 1.29 is 9.26 Å². The normalized spacial score (nSPS) is 17.9. The molecule has 1 aliphatic heterocycles. The molecule has 3 aromatic rings. The Morgan fingerprint density at radius 2 is 1.97 bits per heavy atom. The van der Waals surface area contributed by atoms with Gasteiger partial charge in [-0.1, -0.05) is 5.16 Å². The van der Waals surface area contributed by atoms with E-state index in [1.165, 1.54) is 37.8 Å². The fourth-order valence-electron chi connectivity index (χ4n) is 4.85. The highest BCUT2D eigenvalue weighted by atomic mass is 32.1. The lowest BCUT2D eigenvalue weighted by Crippen LogP contribution is -2.33. The third kappa shape index (κ3) is 5.76. The molecule has 1 aromatic carbocycles. The van der Waals surface area contributed by atoms with Gasteiger partial charge in [0, 0.05) is 23.9 Å². The summed E-state index contributed by atoms with van der Waals surface area (Å²) in [7, 11) is 4.17. The fraction of sp³-hybridized carbons (Fsp3) is 0.615. The molecule has 2 fully saturated rings. The maximum Gasteiger partial charge on any atom is 0.175 e. The van der Waals surface area contributed by atoms with Gasteiger partial charge >= 0.3 is 0 Å².